The number of hydrogen-bond acceptors (Lipinski definition) is 2. The van der Waals surface area contributed by atoms with Crippen molar-refractivity contribution >= 4 is 10.9 Å². The Balaban J connectivity index is 1.35. The van der Waals surface area contributed by atoms with E-state index >= 15 is 0 Å². The van der Waals surface area contributed by atoms with Crippen LogP contribution < -0.4 is 0 Å². The number of aromatic amines is 1. The number of para-hydroxylation sites is 1. The number of benzene rings is 1. The Morgan fingerprint density at radius 2 is 2.00 bits per heavy atom. The minimum atomic E-state index is 0.678. The molecule has 0 spiro atoms. The van der Waals surface area contributed by atoms with E-state index in [1.54, 1.807) is 0 Å². The van der Waals surface area contributed by atoms with Gasteiger partial charge < -0.3 is 14.5 Å². The van der Waals surface area contributed by atoms with Crippen LogP contribution in [0, 0.1) is 0 Å². The third kappa shape index (κ3) is 2.79. The van der Waals surface area contributed by atoms with Gasteiger partial charge in [-0.15, -0.1) is 0 Å². The molecule has 4 nitrogen and oxygen atoms in total. The smallest absolute Gasteiger partial charge is 0.0946 e. The second-order valence-electron chi connectivity index (χ2n) is 6.23. The summed E-state index contributed by atoms with van der Waals surface area (Å²) < 4.78 is 2.16. The Morgan fingerprint density at radius 3 is 2.77 bits per heavy atom. The molecule has 3 aromatic rings. The highest BCUT2D eigenvalue weighted by atomic mass is 15.2. The number of piperidine rings is 1. The van der Waals surface area contributed by atoms with E-state index in [4.69, 9.17) is 0 Å². The summed E-state index contributed by atoms with van der Waals surface area (Å²) in [5.41, 5.74) is 2.68. The van der Waals surface area contributed by atoms with Gasteiger partial charge in [0.1, 0.15) is 0 Å². The first kappa shape index (κ1) is 13.6. The molecule has 1 aromatic carbocycles. The number of nitrogens with one attached hydrogen (secondary N) is 1. The summed E-state index contributed by atoms with van der Waals surface area (Å²) in [5, 5.41) is 1.33. The SMILES string of the molecule is c1ccc2[nH]c(C3CCN(CCn4ccnc4)CC3)cc2c1. The molecule has 1 fully saturated rings. The van der Waals surface area contributed by atoms with Gasteiger partial charge in [0.25, 0.3) is 0 Å². The van der Waals surface area contributed by atoms with Gasteiger partial charge in [0.15, 0.2) is 0 Å². The van der Waals surface area contributed by atoms with Gasteiger partial charge in [0, 0.05) is 42.6 Å². The average Bonchev–Trinajstić information content (AvgIpc) is 3.22. The van der Waals surface area contributed by atoms with E-state index in [1.807, 2.05) is 18.7 Å². The number of imidazole rings is 1. The second-order valence-corrected chi connectivity index (χ2v) is 6.23. The Labute approximate surface area is 130 Å². The van der Waals surface area contributed by atoms with E-state index in [-0.39, 0.29) is 0 Å². The maximum atomic E-state index is 4.10. The van der Waals surface area contributed by atoms with Crippen molar-refractivity contribution in [3.63, 3.8) is 0 Å². The molecule has 0 amide bonds. The quantitative estimate of drug-likeness (QED) is 0.802. The molecule has 1 N–H and O–H groups in total. The first-order valence-electron chi connectivity index (χ1n) is 8.14. The number of fused-ring (bicyclic) bond motifs is 1. The number of rotatable bonds is 4. The van der Waals surface area contributed by atoms with Crippen LogP contribution in [-0.4, -0.2) is 39.1 Å². The molecule has 1 saturated heterocycles. The first-order valence-corrected chi connectivity index (χ1v) is 8.14. The summed E-state index contributed by atoms with van der Waals surface area (Å²) in [5.74, 6) is 0.678. The van der Waals surface area contributed by atoms with Crippen molar-refractivity contribution in [2.75, 3.05) is 19.6 Å². The molecule has 0 unspecified atom stereocenters. The summed E-state index contributed by atoms with van der Waals surface area (Å²) in [4.78, 5) is 10.3. The molecule has 1 aliphatic rings. The lowest BCUT2D eigenvalue weighted by Crippen LogP contribution is -2.35. The van der Waals surface area contributed by atoms with E-state index in [9.17, 15) is 0 Å². The van der Waals surface area contributed by atoms with Crippen LogP contribution in [0.15, 0.2) is 49.1 Å². The molecule has 0 bridgehead atoms. The molecule has 3 heterocycles. The molecule has 114 valence electrons. The maximum Gasteiger partial charge on any atom is 0.0946 e. The number of likely N-dealkylation sites (tertiary alicyclic amines) is 1. The number of hydrogen-bond donors (Lipinski definition) is 1. The lowest BCUT2D eigenvalue weighted by atomic mass is 9.93. The molecule has 4 rings (SSSR count). The highest BCUT2D eigenvalue weighted by Crippen LogP contribution is 2.29. The molecule has 0 radical (unpaired) electrons. The van der Waals surface area contributed by atoms with Crippen molar-refractivity contribution in [1.82, 2.24) is 19.4 Å². The van der Waals surface area contributed by atoms with Crippen LogP contribution in [-0.2, 0) is 6.54 Å². The van der Waals surface area contributed by atoms with Gasteiger partial charge in [-0.25, -0.2) is 4.98 Å². The lowest BCUT2D eigenvalue weighted by Gasteiger charge is -2.31. The summed E-state index contributed by atoms with van der Waals surface area (Å²) in [7, 11) is 0. The molecule has 0 aliphatic carbocycles. The number of nitrogens with zero attached hydrogens (tertiary/aromatic N) is 3. The second kappa shape index (κ2) is 5.97. The Morgan fingerprint density at radius 1 is 1.14 bits per heavy atom. The lowest BCUT2D eigenvalue weighted by molar-refractivity contribution is 0.204. The zero-order valence-electron chi connectivity index (χ0n) is 12.8. The van der Waals surface area contributed by atoms with Gasteiger partial charge in [-0.05, 0) is 43.5 Å². The summed E-state index contributed by atoms with van der Waals surface area (Å²) in [6.07, 6.45) is 8.28. The highest BCUT2D eigenvalue weighted by molar-refractivity contribution is 5.80. The number of aromatic nitrogens is 3. The van der Waals surface area contributed by atoms with Crippen molar-refractivity contribution in [1.29, 1.82) is 0 Å². The van der Waals surface area contributed by atoms with Gasteiger partial charge in [0.2, 0.25) is 0 Å². The van der Waals surface area contributed by atoms with Crippen LogP contribution in [0.4, 0.5) is 0 Å². The summed E-state index contributed by atoms with van der Waals surface area (Å²) in [6.45, 7) is 4.54. The van der Waals surface area contributed by atoms with Crippen molar-refractivity contribution in [2.45, 2.75) is 25.3 Å². The topological polar surface area (TPSA) is 36.9 Å². The van der Waals surface area contributed by atoms with Crippen LogP contribution in [0.1, 0.15) is 24.5 Å². The molecule has 0 saturated carbocycles. The molecule has 0 atom stereocenters. The zero-order chi connectivity index (χ0) is 14.8. The average molecular weight is 294 g/mol. The van der Waals surface area contributed by atoms with E-state index in [2.05, 4.69) is 49.8 Å². The van der Waals surface area contributed by atoms with Crippen LogP contribution in [0.5, 0.6) is 0 Å². The normalized spacial score (nSPS) is 17.3. The Kier molecular flexibility index (Phi) is 3.69. The van der Waals surface area contributed by atoms with Gasteiger partial charge in [-0.2, -0.15) is 0 Å². The van der Waals surface area contributed by atoms with E-state index in [1.165, 1.54) is 42.5 Å². The van der Waals surface area contributed by atoms with Crippen LogP contribution in [0.2, 0.25) is 0 Å². The fourth-order valence-electron chi connectivity index (χ4n) is 3.46. The maximum absolute atomic E-state index is 4.10. The first-order chi connectivity index (χ1) is 10.9. The van der Waals surface area contributed by atoms with Crippen molar-refractivity contribution in [3.05, 3.63) is 54.7 Å². The monoisotopic (exact) mass is 294 g/mol. The zero-order valence-corrected chi connectivity index (χ0v) is 12.8. The van der Waals surface area contributed by atoms with Gasteiger partial charge in [-0.3, -0.25) is 0 Å². The van der Waals surface area contributed by atoms with Gasteiger partial charge in [-0.1, -0.05) is 18.2 Å². The van der Waals surface area contributed by atoms with E-state index in [0.29, 0.717) is 5.92 Å². The highest BCUT2D eigenvalue weighted by Gasteiger charge is 2.21. The minimum Gasteiger partial charge on any atom is -0.358 e. The van der Waals surface area contributed by atoms with Gasteiger partial charge >= 0.3 is 0 Å². The molecule has 4 heteroatoms. The van der Waals surface area contributed by atoms with Crippen LogP contribution in [0.25, 0.3) is 10.9 Å². The Bertz CT molecular complexity index is 687. The number of H-pyrrole nitrogens is 1. The van der Waals surface area contributed by atoms with Crippen molar-refractivity contribution < 1.29 is 0 Å². The molecular weight excluding hydrogens is 272 g/mol. The standard InChI is InChI=1S/C18H22N4/c1-2-4-17-16(3-1)13-18(20-17)15-5-8-21(9-6-15)11-12-22-10-7-19-14-22/h1-4,7,10,13-15,20H,5-6,8-9,11-12H2. The predicted molar refractivity (Wildman–Crippen MR) is 88.9 cm³/mol. The minimum absolute atomic E-state index is 0.678. The molecular formula is C18H22N4. The largest absolute Gasteiger partial charge is 0.358 e. The summed E-state index contributed by atoms with van der Waals surface area (Å²) >= 11 is 0. The van der Waals surface area contributed by atoms with Gasteiger partial charge in [0.05, 0.1) is 6.33 Å². The fourth-order valence-corrected chi connectivity index (χ4v) is 3.46. The third-order valence-electron chi connectivity index (χ3n) is 4.81. The van der Waals surface area contributed by atoms with Crippen LogP contribution >= 0.6 is 0 Å². The van der Waals surface area contributed by atoms with Crippen LogP contribution in [0.3, 0.4) is 0 Å². The fraction of sp³-hybridized carbons (Fsp3) is 0.389. The van der Waals surface area contributed by atoms with E-state index in [0.717, 1.165) is 13.1 Å². The van der Waals surface area contributed by atoms with Crippen molar-refractivity contribution in [2.24, 2.45) is 0 Å². The molecule has 1 aliphatic heterocycles. The third-order valence-corrected chi connectivity index (χ3v) is 4.81. The molecule has 22 heavy (non-hydrogen) atoms. The predicted octanol–water partition coefficient (Wildman–Crippen LogP) is 3.24. The van der Waals surface area contributed by atoms with E-state index < -0.39 is 0 Å². The molecule has 2 aromatic heterocycles. The Hall–Kier alpha value is -2.07. The van der Waals surface area contributed by atoms with Crippen molar-refractivity contribution in [3.8, 4) is 0 Å². The summed E-state index contributed by atoms with van der Waals surface area (Å²) in [6, 6.07) is 10.9.